The fraction of sp³-hybridized carbons (Fsp3) is 0.538. The molecule has 7 atom stereocenters. The Hall–Kier alpha value is -1.50. The topological polar surface area (TPSA) is 244 Å². The quantitative estimate of drug-likeness (QED) is 0.176. The van der Waals surface area contributed by atoms with Crippen LogP contribution in [0.25, 0.3) is 0 Å². The molecule has 33 heavy (non-hydrogen) atoms. The Morgan fingerprint density at radius 1 is 1.21 bits per heavy atom. The maximum absolute atomic E-state index is 15.6. The van der Waals surface area contributed by atoms with E-state index in [1.165, 1.54) is 6.92 Å². The van der Waals surface area contributed by atoms with Crippen LogP contribution in [-0.2, 0) is 31.6 Å². The second-order valence-electron chi connectivity index (χ2n) is 6.46. The number of halogens is 1. The molecular formula is C13H18FN2O14P3. The number of aromatic amines is 1. The highest BCUT2D eigenvalue weighted by Crippen LogP contribution is 2.66. The molecule has 4 unspecified atom stereocenters. The monoisotopic (exact) mass is 538 g/mol. The Morgan fingerprint density at radius 3 is 2.33 bits per heavy atom. The number of hydrogen-bond donors (Lipinski definition) is 6. The summed E-state index contributed by atoms with van der Waals surface area (Å²) in [6.07, 6.45) is -7.05. The van der Waals surface area contributed by atoms with Crippen LogP contribution in [0.4, 0.5) is 4.39 Å². The number of rotatable bonds is 8. The van der Waals surface area contributed by atoms with Crippen LogP contribution in [0.3, 0.4) is 0 Å². The molecule has 0 saturated carbocycles. The van der Waals surface area contributed by atoms with E-state index in [1.54, 1.807) is 0 Å². The number of phosphoric acid groups is 3. The minimum atomic E-state index is -5.83. The summed E-state index contributed by atoms with van der Waals surface area (Å²) in [7, 11) is -17.1. The minimum Gasteiger partial charge on any atom is -0.386 e. The number of aliphatic hydroxyl groups is 1. The van der Waals surface area contributed by atoms with Gasteiger partial charge in [0.15, 0.2) is 6.23 Å². The maximum atomic E-state index is 15.6. The summed E-state index contributed by atoms with van der Waals surface area (Å²) < 4.78 is 67.2. The number of phosphoric ester groups is 1. The van der Waals surface area contributed by atoms with Gasteiger partial charge in [-0.3, -0.25) is 18.9 Å². The van der Waals surface area contributed by atoms with Gasteiger partial charge in [-0.1, -0.05) is 5.92 Å². The maximum Gasteiger partial charge on any atom is 0.490 e. The number of alkyl halides is 1. The Bertz CT molecular complexity index is 1210. The second-order valence-corrected chi connectivity index (χ2v) is 10.8. The number of ether oxygens (including phenoxy) is 1. The van der Waals surface area contributed by atoms with Crippen LogP contribution >= 0.6 is 23.5 Å². The Morgan fingerprint density at radius 2 is 1.82 bits per heavy atom. The molecule has 2 heterocycles. The zero-order valence-corrected chi connectivity index (χ0v) is 19.2. The van der Waals surface area contributed by atoms with Crippen molar-refractivity contribution in [2.75, 3.05) is 0 Å². The van der Waals surface area contributed by atoms with Gasteiger partial charge in [-0.25, -0.2) is 22.9 Å². The van der Waals surface area contributed by atoms with Crippen molar-refractivity contribution in [2.45, 2.75) is 44.1 Å². The van der Waals surface area contributed by atoms with Gasteiger partial charge in [-0.15, -0.1) is 5.92 Å². The Balaban J connectivity index is 2.32. The number of aliphatic hydroxyl groups excluding tert-OH is 1. The van der Waals surface area contributed by atoms with Crippen molar-refractivity contribution in [1.82, 2.24) is 9.55 Å². The van der Waals surface area contributed by atoms with Crippen molar-refractivity contribution in [3.05, 3.63) is 33.1 Å². The number of nitrogens with one attached hydrogen (secondary N) is 1. The van der Waals surface area contributed by atoms with Crippen LogP contribution in [0, 0.1) is 11.8 Å². The lowest BCUT2D eigenvalue weighted by molar-refractivity contribution is -0.0781. The molecule has 186 valence electrons. The second kappa shape index (κ2) is 9.63. The average molecular weight is 538 g/mol. The third-order valence-corrected chi connectivity index (χ3v) is 7.91. The van der Waals surface area contributed by atoms with Crippen LogP contribution in [0.2, 0.25) is 0 Å². The van der Waals surface area contributed by atoms with Crippen LogP contribution in [0.1, 0.15) is 20.1 Å². The first kappa shape index (κ1) is 27.7. The van der Waals surface area contributed by atoms with E-state index in [0.29, 0.717) is 4.57 Å². The van der Waals surface area contributed by atoms with Gasteiger partial charge in [0.25, 0.3) is 5.56 Å². The third-order valence-electron chi connectivity index (χ3n) is 3.99. The van der Waals surface area contributed by atoms with E-state index in [1.807, 2.05) is 10.9 Å². The molecule has 0 aromatic carbocycles. The van der Waals surface area contributed by atoms with Crippen LogP contribution in [0.5, 0.6) is 0 Å². The highest BCUT2D eigenvalue weighted by molar-refractivity contribution is 7.66. The molecule has 1 fully saturated rings. The van der Waals surface area contributed by atoms with E-state index in [-0.39, 0.29) is 0 Å². The molecule has 16 nitrogen and oxygen atoms in total. The van der Waals surface area contributed by atoms with Gasteiger partial charge in [0.1, 0.15) is 12.2 Å². The molecule has 0 amide bonds. The zero-order valence-electron chi connectivity index (χ0n) is 16.5. The van der Waals surface area contributed by atoms with Gasteiger partial charge in [-0.05, 0) is 13.8 Å². The molecule has 1 aliphatic rings. The first-order chi connectivity index (χ1) is 14.9. The zero-order chi connectivity index (χ0) is 25.4. The van der Waals surface area contributed by atoms with Gasteiger partial charge in [0.05, 0.1) is 6.10 Å². The lowest BCUT2D eigenvalue weighted by atomic mass is 9.94. The number of hydrogen-bond acceptors (Lipinski definition) is 10. The summed E-state index contributed by atoms with van der Waals surface area (Å²) in [5.41, 5.74) is -4.96. The molecule has 0 bridgehead atoms. The number of nitrogens with zero attached hydrogens (tertiary/aromatic N) is 1. The summed E-state index contributed by atoms with van der Waals surface area (Å²) in [6.45, 7) is 2.13. The summed E-state index contributed by atoms with van der Waals surface area (Å²) in [6, 6.07) is 0.847. The summed E-state index contributed by atoms with van der Waals surface area (Å²) in [5, 5.41) is 10.5. The van der Waals surface area contributed by atoms with Crippen molar-refractivity contribution in [3.8, 4) is 11.8 Å². The first-order valence-electron chi connectivity index (χ1n) is 8.51. The van der Waals surface area contributed by atoms with E-state index >= 15 is 4.39 Å². The molecule has 1 aromatic rings. The predicted molar refractivity (Wildman–Crippen MR) is 103 cm³/mol. The summed E-state index contributed by atoms with van der Waals surface area (Å²) >= 11 is 0. The normalized spacial score (nSPS) is 30.0. The molecule has 1 saturated heterocycles. The minimum absolute atomic E-state index is 0.548. The van der Waals surface area contributed by atoms with Crippen molar-refractivity contribution >= 4 is 23.5 Å². The summed E-state index contributed by atoms with van der Waals surface area (Å²) in [4.78, 5) is 61.1. The first-order valence-corrected chi connectivity index (χ1v) is 13.0. The summed E-state index contributed by atoms with van der Waals surface area (Å²) in [5.74, 6) is 4.21. The molecule has 1 aliphatic heterocycles. The van der Waals surface area contributed by atoms with Crippen molar-refractivity contribution in [3.63, 3.8) is 0 Å². The van der Waals surface area contributed by atoms with Gasteiger partial charge >= 0.3 is 29.2 Å². The van der Waals surface area contributed by atoms with Crippen LogP contribution in [-0.4, -0.2) is 58.2 Å². The van der Waals surface area contributed by atoms with E-state index in [9.17, 15) is 38.2 Å². The molecular weight excluding hydrogens is 520 g/mol. The lowest BCUT2D eigenvalue weighted by Gasteiger charge is -2.25. The predicted octanol–water partition coefficient (Wildman–Crippen LogP) is -0.742. The van der Waals surface area contributed by atoms with Crippen molar-refractivity contribution in [2.24, 2.45) is 0 Å². The molecule has 0 aliphatic carbocycles. The van der Waals surface area contributed by atoms with E-state index in [0.717, 1.165) is 19.2 Å². The molecule has 0 spiro atoms. The van der Waals surface area contributed by atoms with Gasteiger partial charge in [0, 0.05) is 12.3 Å². The highest BCUT2D eigenvalue weighted by Gasteiger charge is 2.60. The fourth-order valence-corrected chi connectivity index (χ4v) is 6.05. The Labute approximate surface area is 183 Å². The lowest BCUT2D eigenvalue weighted by Crippen LogP contribution is -2.46. The van der Waals surface area contributed by atoms with Crippen molar-refractivity contribution in [1.29, 1.82) is 0 Å². The molecule has 6 N–H and O–H groups in total. The van der Waals surface area contributed by atoms with Gasteiger partial charge in [-0.2, -0.15) is 8.62 Å². The Kier molecular flexibility index (Phi) is 8.10. The standard InChI is InChI=1S/C13H18FN2O14P3/c1-3-5-13(14)10(18)9(27-11(13)16-6-4-8(17)15-12(16)19)7(2)28-32(23,24)30-33(25,26)29-31(20,21)22/h4,6-7,9-11,18H,1-2H3,(H,23,24)(H,25,26)(H,15,17,19)(H2,20,21,22)/t7-,9+,10?,11+,13?/m0/s1. The number of H-pyrrole nitrogens is 1. The molecule has 0 radical (unpaired) electrons. The average Bonchev–Trinajstić information content (AvgIpc) is 2.83. The highest BCUT2D eigenvalue weighted by atomic mass is 31.3. The SMILES string of the molecule is CC#CC1(F)C(O)[C@@H]([C@H](C)OP(=O)(O)OP(=O)(O)OP(=O)(O)O)O[C@H]1n1ccc(=O)[nH]c1=O. The largest absolute Gasteiger partial charge is 0.490 e. The van der Waals surface area contributed by atoms with Crippen LogP contribution in [0.15, 0.2) is 21.9 Å². The molecule has 2 rings (SSSR count). The van der Waals surface area contributed by atoms with Gasteiger partial charge < -0.3 is 29.4 Å². The van der Waals surface area contributed by atoms with Crippen molar-refractivity contribution < 1.29 is 60.6 Å². The smallest absolute Gasteiger partial charge is 0.386 e. The molecule has 20 heteroatoms. The van der Waals surface area contributed by atoms with E-state index in [2.05, 4.69) is 19.1 Å². The third kappa shape index (κ3) is 6.77. The van der Waals surface area contributed by atoms with E-state index in [4.69, 9.17) is 14.5 Å². The number of aromatic nitrogens is 2. The van der Waals surface area contributed by atoms with Gasteiger partial charge in [0.2, 0.25) is 5.67 Å². The van der Waals surface area contributed by atoms with E-state index < -0.39 is 64.9 Å². The fourth-order valence-electron chi connectivity index (χ4n) is 2.85. The van der Waals surface area contributed by atoms with Crippen LogP contribution < -0.4 is 11.2 Å². The molecule has 1 aromatic heterocycles.